The number of carbonyl (C=O) groups excluding carboxylic acids is 1. The fourth-order valence-electron chi connectivity index (χ4n) is 3.12. The fraction of sp³-hybridized carbons (Fsp3) is 0.625. The van der Waals surface area contributed by atoms with Gasteiger partial charge >= 0.3 is 0 Å². The molecule has 1 atom stereocenters. The van der Waals surface area contributed by atoms with E-state index in [2.05, 4.69) is 19.7 Å². The van der Waals surface area contributed by atoms with Crippen molar-refractivity contribution in [1.82, 2.24) is 24.6 Å². The minimum Gasteiger partial charge on any atom is -0.342 e. The molecule has 1 aliphatic heterocycles. The van der Waals surface area contributed by atoms with Crippen molar-refractivity contribution in [1.29, 1.82) is 0 Å². The van der Waals surface area contributed by atoms with Crippen molar-refractivity contribution in [3.05, 3.63) is 29.4 Å². The molecule has 2 aromatic heterocycles. The molecule has 124 valence electrons. The first-order chi connectivity index (χ1) is 11.1. The third kappa shape index (κ3) is 3.43. The molecule has 7 nitrogen and oxygen atoms in total. The second-order valence-corrected chi connectivity index (χ2v) is 6.13. The van der Waals surface area contributed by atoms with Crippen LogP contribution in [0.25, 0.3) is 0 Å². The van der Waals surface area contributed by atoms with E-state index in [1.54, 1.807) is 0 Å². The van der Waals surface area contributed by atoms with Gasteiger partial charge in [-0.25, -0.2) is 4.98 Å². The Morgan fingerprint density at radius 3 is 2.91 bits per heavy atom. The van der Waals surface area contributed by atoms with Gasteiger partial charge in [0, 0.05) is 51.5 Å². The molecule has 1 saturated heterocycles. The van der Waals surface area contributed by atoms with Crippen LogP contribution in [-0.2, 0) is 24.7 Å². The predicted octanol–water partition coefficient (Wildman–Crippen LogP) is 1.62. The maximum absolute atomic E-state index is 12.4. The van der Waals surface area contributed by atoms with Crippen LogP contribution in [0.1, 0.15) is 48.9 Å². The fourth-order valence-corrected chi connectivity index (χ4v) is 3.12. The summed E-state index contributed by atoms with van der Waals surface area (Å²) in [5.41, 5.74) is 1.02. The highest BCUT2D eigenvalue weighted by Gasteiger charge is 2.29. The first-order valence-corrected chi connectivity index (χ1v) is 8.16. The van der Waals surface area contributed by atoms with E-state index in [0.717, 1.165) is 37.4 Å². The normalized spacial score (nSPS) is 17.9. The van der Waals surface area contributed by atoms with Crippen LogP contribution in [0.3, 0.4) is 0 Å². The summed E-state index contributed by atoms with van der Waals surface area (Å²) in [4.78, 5) is 23.1. The van der Waals surface area contributed by atoms with Crippen LogP contribution in [0.2, 0.25) is 0 Å². The summed E-state index contributed by atoms with van der Waals surface area (Å²) in [7, 11) is 2.01. The van der Waals surface area contributed by atoms with Crippen molar-refractivity contribution in [3.63, 3.8) is 0 Å². The Labute approximate surface area is 135 Å². The number of aromatic nitrogens is 4. The number of rotatable bonds is 5. The molecule has 0 bridgehead atoms. The van der Waals surface area contributed by atoms with Crippen molar-refractivity contribution < 1.29 is 9.32 Å². The monoisotopic (exact) mass is 317 g/mol. The van der Waals surface area contributed by atoms with Crippen LogP contribution in [-0.4, -0.2) is 43.6 Å². The third-order valence-electron chi connectivity index (χ3n) is 4.32. The molecule has 3 heterocycles. The minimum absolute atomic E-state index is 0.148. The molecule has 23 heavy (non-hydrogen) atoms. The van der Waals surface area contributed by atoms with Gasteiger partial charge in [-0.1, -0.05) is 12.1 Å². The summed E-state index contributed by atoms with van der Waals surface area (Å²) >= 11 is 0. The molecule has 1 fully saturated rings. The third-order valence-corrected chi connectivity index (χ3v) is 4.32. The van der Waals surface area contributed by atoms with Crippen LogP contribution in [0, 0.1) is 6.92 Å². The van der Waals surface area contributed by atoms with Crippen molar-refractivity contribution in [2.45, 2.75) is 45.4 Å². The SMILES string of the molecule is CCc1noc(CCC(=O)N2CCC(c3nc(C)cn3C)C2)n1. The first-order valence-electron chi connectivity index (χ1n) is 8.16. The molecule has 0 radical (unpaired) electrons. The van der Waals surface area contributed by atoms with Crippen molar-refractivity contribution >= 4 is 5.91 Å². The maximum atomic E-state index is 12.4. The quantitative estimate of drug-likeness (QED) is 0.837. The molecule has 0 N–H and O–H groups in total. The Morgan fingerprint density at radius 2 is 2.26 bits per heavy atom. The Bertz CT molecular complexity index is 690. The number of hydrogen-bond acceptors (Lipinski definition) is 5. The molecule has 1 unspecified atom stereocenters. The Kier molecular flexibility index (Phi) is 4.45. The predicted molar refractivity (Wildman–Crippen MR) is 83.9 cm³/mol. The molecule has 0 aromatic carbocycles. The number of amides is 1. The average molecular weight is 317 g/mol. The molecule has 7 heteroatoms. The second-order valence-electron chi connectivity index (χ2n) is 6.13. The van der Waals surface area contributed by atoms with Crippen LogP contribution < -0.4 is 0 Å². The van der Waals surface area contributed by atoms with E-state index in [1.807, 2.05) is 32.0 Å². The lowest BCUT2D eigenvalue weighted by molar-refractivity contribution is -0.130. The van der Waals surface area contributed by atoms with Gasteiger partial charge < -0.3 is 14.0 Å². The molecule has 3 rings (SSSR count). The van der Waals surface area contributed by atoms with E-state index >= 15 is 0 Å². The van der Waals surface area contributed by atoms with Gasteiger partial charge in [0.1, 0.15) is 5.82 Å². The van der Waals surface area contributed by atoms with Gasteiger partial charge in [0.2, 0.25) is 11.8 Å². The molecule has 2 aromatic rings. The molecule has 1 amide bonds. The van der Waals surface area contributed by atoms with Gasteiger partial charge in [0.25, 0.3) is 0 Å². The summed E-state index contributed by atoms with van der Waals surface area (Å²) in [6, 6.07) is 0. The molecule has 0 aliphatic carbocycles. The highest BCUT2D eigenvalue weighted by molar-refractivity contribution is 5.76. The van der Waals surface area contributed by atoms with Crippen LogP contribution >= 0.6 is 0 Å². The second kappa shape index (κ2) is 6.52. The van der Waals surface area contributed by atoms with Gasteiger partial charge in [0.05, 0.1) is 5.69 Å². The van der Waals surface area contributed by atoms with E-state index in [0.29, 0.717) is 30.5 Å². The zero-order valence-electron chi connectivity index (χ0n) is 13.9. The number of imidazole rings is 1. The summed E-state index contributed by atoms with van der Waals surface area (Å²) in [6.07, 6.45) is 4.66. The number of hydrogen-bond donors (Lipinski definition) is 0. The van der Waals surface area contributed by atoms with E-state index < -0.39 is 0 Å². The van der Waals surface area contributed by atoms with Gasteiger partial charge in [-0.3, -0.25) is 4.79 Å². The lowest BCUT2D eigenvalue weighted by Gasteiger charge is -2.16. The van der Waals surface area contributed by atoms with Gasteiger partial charge in [-0.2, -0.15) is 4.98 Å². The lowest BCUT2D eigenvalue weighted by atomic mass is 10.1. The zero-order valence-corrected chi connectivity index (χ0v) is 13.9. The molecule has 1 aliphatic rings. The largest absolute Gasteiger partial charge is 0.342 e. The van der Waals surface area contributed by atoms with Crippen LogP contribution in [0.15, 0.2) is 10.7 Å². The van der Waals surface area contributed by atoms with Gasteiger partial charge in [0.15, 0.2) is 5.82 Å². The standard InChI is InChI=1S/C16H23N5O2/c1-4-13-18-14(23-19-13)5-6-15(22)21-8-7-12(10-21)16-17-11(2)9-20(16)3/h9,12H,4-8,10H2,1-3H3. The van der Waals surface area contributed by atoms with Crippen molar-refractivity contribution in [3.8, 4) is 0 Å². The Balaban J connectivity index is 1.54. The Hall–Kier alpha value is -2.18. The smallest absolute Gasteiger partial charge is 0.227 e. The van der Waals surface area contributed by atoms with E-state index in [9.17, 15) is 4.79 Å². The van der Waals surface area contributed by atoms with Gasteiger partial charge in [-0.15, -0.1) is 0 Å². The minimum atomic E-state index is 0.148. The summed E-state index contributed by atoms with van der Waals surface area (Å²) < 4.78 is 7.20. The summed E-state index contributed by atoms with van der Waals surface area (Å²) in [5.74, 6) is 2.79. The Morgan fingerprint density at radius 1 is 1.43 bits per heavy atom. The molecule has 0 saturated carbocycles. The molecular weight excluding hydrogens is 294 g/mol. The highest BCUT2D eigenvalue weighted by atomic mass is 16.5. The van der Waals surface area contributed by atoms with Crippen LogP contribution in [0.4, 0.5) is 0 Å². The highest BCUT2D eigenvalue weighted by Crippen LogP contribution is 2.26. The summed E-state index contributed by atoms with van der Waals surface area (Å²) in [5, 5.41) is 3.85. The number of aryl methyl sites for hydroxylation is 4. The average Bonchev–Trinajstić information content (AvgIpc) is 3.24. The topological polar surface area (TPSA) is 77.0 Å². The first kappa shape index (κ1) is 15.7. The van der Waals surface area contributed by atoms with Crippen molar-refractivity contribution in [2.75, 3.05) is 13.1 Å². The molecule has 0 spiro atoms. The maximum Gasteiger partial charge on any atom is 0.227 e. The number of nitrogens with zero attached hydrogens (tertiary/aromatic N) is 5. The molecular formula is C16H23N5O2. The van der Waals surface area contributed by atoms with E-state index in [1.165, 1.54) is 0 Å². The van der Waals surface area contributed by atoms with E-state index in [-0.39, 0.29) is 5.91 Å². The van der Waals surface area contributed by atoms with Crippen molar-refractivity contribution in [2.24, 2.45) is 7.05 Å². The van der Waals surface area contributed by atoms with Gasteiger partial charge in [-0.05, 0) is 13.3 Å². The number of carbonyl (C=O) groups is 1. The zero-order chi connectivity index (χ0) is 16.4. The summed E-state index contributed by atoms with van der Waals surface area (Å²) in [6.45, 7) is 5.51. The van der Waals surface area contributed by atoms with E-state index in [4.69, 9.17) is 4.52 Å². The lowest BCUT2D eigenvalue weighted by Crippen LogP contribution is -2.28. The number of likely N-dealkylation sites (tertiary alicyclic amines) is 1. The van der Waals surface area contributed by atoms with Crippen LogP contribution in [0.5, 0.6) is 0 Å².